The Labute approximate surface area is 152 Å². The van der Waals surface area contributed by atoms with Crippen molar-refractivity contribution in [3.05, 3.63) is 52.4 Å². The highest BCUT2D eigenvalue weighted by Crippen LogP contribution is 2.30. The Morgan fingerprint density at radius 3 is 2.73 bits per heavy atom. The lowest BCUT2D eigenvalue weighted by molar-refractivity contribution is -0.131. The Morgan fingerprint density at radius 2 is 2.09 bits per heavy atom. The lowest BCUT2D eigenvalue weighted by Crippen LogP contribution is -2.45. The molecule has 1 saturated heterocycles. The van der Waals surface area contributed by atoms with Crippen LogP contribution in [0.15, 0.2) is 46.9 Å². The second-order valence-electron chi connectivity index (χ2n) is 4.48. The SMILES string of the molecule is CC(/C=C1\SC(=S)N(NC(=O)CI)C1=O)=C\c1ccccc1. The summed E-state index contributed by atoms with van der Waals surface area (Å²) in [7, 11) is 0. The molecule has 0 aromatic heterocycles. The standard InChI is InChI=1S/C15H13IN2O2S2/c1-10(7-11-5-3-2-4-6-11)8-12-14(20)18(15(21)22-12)17-13(19)9-16/h2-8H,9H2,1H3,(H,17,19)/b10-7+,12-8-. The van der Waals surface area contributed by atoms with E-state index in [2.05, 4.69) is 5.43 Å². The van der Waals surface area contributed by atoms with Crippen LogP contribution in [-0.2, 0) is 9.59 Å². The third-order valence-electron chi connectivity index (χ3n) is 2.70. The van der Waals surface area contributed by atoms with E-state index in [1.807, 2.05) is 65.9 Å². The minimum Gasteiger partial charge on any atom is -0.272 e. The summed E-state index contributed by atoms with van der Waals surface area (Å²) in [5, 5.41) is 1.13. The molecule has 2 rings (SSSR count). The lowest BCUT2D eigenvalue weighted by atomic mass is 10.1. The molecule has 0 spiro atoms. The van der Waals surface area contributed by atoms with Crippen LogP contribution in [0.4, 0.5) is 0 Å². The van der Waals surface area contributed by atoms with E-state index < -0.39 is 0 Å². The van der Waals surface area contributed by atoms with Gasteiger partial charge in [0, 0.05) is 0 Å². The number of halogens is 1. The zero-order chi connectivity index (χ0) is 16.1. The van der Waals surface area contributed by atoms with E-state index >= 15 is 0 Å². The van der Waals surface area contributed by atoms with Gasteiger partial charge in [0.15, 0.2) is 4.32 Å². The Morgan fingerprint density at radius 1 is 1.41 bits per heavy atom. The maximum absolute atomic E-state index is 12.3. The van der Waals surface area contributed by atoms with Crippen molar-refractivity contribution in [1.29, 1.82) is 0 Å². The van der Waals surface area contributed by atoms with Crippen LogP contribution < -0.4 is 5.43 Å². The quantitative estimate of drug-likeness (QED) is 0.335. The molecule has 2 amide bonds. The number of thioether (sulfide) groups is 1. The molecule has 0 aliphatic carbocycles. The number of carbonyl (C=O) groups is 2. The fraction of sp³-hybridized carbons (Fsp3) is 0.133. The summed E-state index contributed by atoms with van der Waals surface area (Å²) in [6.07, 6.45) is 3.76. The Bertz CT molecular complexity index is 671. The number of rotatable bonds is 4. The summed E-state index contributed by atoms with van der Waals surface area (Å²) in [5.41, 5.74) is 4.49. The van der Waals surface area contributed by atoms with Gasteiger partial charge in [0.1, 0.15) is 0 Å². The predicted octanol–water partition coefficient (Wildman–Crippen LogP) is 3.30. The van der Waals surface area contributed by atoms with Crippen molar-refractivity contribution in [1.82, 2.24) is 10.4 Å². The summed E-state index contributed by atoms with van der Waals surface area (Å²) >= 11 is 8.25. The van der Waals surface area contributed by atoms with Crippen molar-refractivity contribution in [2.24, 2.45) is 0 Å². The first-order chi connectivity index (χ1) is 10.5. The van der Waals surface area contributed by atoms with E-state index in [1.165, 1.54) is 11.8 Å². The van der Waals surface area contributed by atoms with Gasteiger partial charge in [-0.15, -0.1) is 0 Å². The summed E-state index contributed by atoms with van der Waals surface area (Å²) in [5.74, 6) is -0.552. The first-order valence-electron chi connectivity index (χ1n) is 6.38. The molecule has 7 heteroatoms. The predicted molar refractivity (Wildman–Crippen MR) is 102 cm³/mol. The zero-order valence-electron chi connectivity index (χ0n) is 11.7. The average molecular weight is 444 g/mol. The molecule has 0 unspecified atom stereocenters. The van der Waals surface area contributed by atoms with Crippen LogP contribution in [0.25, 0.3) is 6.08 Å². The molecular formula is C15H13IN2O2S2. The number of hydrogen-bond donors (Lipinski definition) is 1. The second kappa shape index (κ2) is 7.89. The lowest BCUT2D eigenvalue weighted by Gasteiger charge is -2.14. The molecule has 1 aliphatic heterocycles. The molecule has 1 aliphatic rings. The Balaban J connectivity index is 2.16. The van der Waals surface area contributed by atoms with Gasteiger partial charge in [0.25, 0.3) is 5.91 Å². The van der Waals surface area contributed by atoms with E-state index in [1.54, 1.807) is 6.08 Å². The van der Waals surface area contributed by atoms with Crippen molar-refractivity contribution in [2.75, 3.05) is 4.43 Å². The fourth-order valence-electron chi connectivity index (χ4n) is 1.78. The number of thiocarbonyl (C=S) groups is 1. The smallest absolute Gasteiger partial charge is 0.272 e. The molecule has 4 nitrogen and oxygen atoms in total. The topological polar surface area (TPSA) is 49.4 Å². The van der Waals surface area contributed by atoms with Gasteiger partial charge in [-0.25, -0.2) is 0 Å². The van der Waals surface area contributed by atoms with Crippen LogP contribution in [0.1, 0.15) is 12.5 Å². The summed E-state index contributed by atoms with van der Waals surface area (Å²) in [6, 6.07) is 9.84. The van der Waals surface area contributed by atoms with Crippen LogP contribution in [0.5, 0.6) is 0 Å². The summed E-state index contributed by atoms with van der Waals surface area (Å²) in [6.45, 7) is 1.92. The van der Waals surface area contributed by atoms with Crippen molar-refractivity contribution >= 4 is 68.8 Å². The van der Waals surface area contributed by atoms with E-state index in [4.69, 9.17) is 12.2 Å². The third kappa shape index (κ3) is 4.40. The highest BCUT2D eigenvalue weighted by atomic mass is 127. The number of nitrogens with one attached hydrogen (secondary N) is 1. The van der Waals surface area contributed by atoms with Gasteiger partial charge >= 0.3 is 0 Å². The molecule has 1 N–H and O–H groups in total. The van der Waals surface area contributed by atoms with Crippen molar-refractivity contribution in [2.45, 2.75) is 6.92 Å². The molecule has 0 saturated carbocycles. The molecule has 0 bridgehead atoms. The van der Waals surface area contributed by atoms with Gasteiger partial charge in [-0.05, 0) is 36.4 Å². The van der Waals surface area contributed by atoms with Gasteiger partial charge < -0.3 is 0 Å². The Hall–Kier alpha value is -1.19. The maximum Gasteiger partial charge on any atom is 0.285 e. The zero-order valence-corrected chi connectivity index (χ0v) is 15.5. The highest BCUT2D eigenvalue weighted by molar-refractivity contribution is 14.1. The van der Waals surface area contributed by atoms with Crippen molar-refractivity contribution < 1.29 is 9.59 Å². The van der Waals surface area contributed by atoms with Gasteiger partial charge in [-0.3, -0.25) is 15.0 Å². The fourth-order valence-corrected chi connectivity index (χ4v) is 3.18. The van der Waals surface area contributed by atoms with Crippen LogP contribution in [0.3, 0.4) is 0 Å². The molecular weight excluding hydrogens is 431 g/mol. The summed E-state index contributed by atoms with van der Waals surface area (Å²) < 4.78 is 0.600. The molecule has 1 fully saturated rings. The number of hydrogen-bond acceptors (Lipinski definition) is 4. The molecule has 114 valence electrons. The van der Waals surface area contributed by atoms with Gasteiger partial charge in [0.05, 0.1) is 9.33 Å². The first-order valence-corrected chi connectivity index (χ1v) is 9.13. The van der Waals surface area contributed by atoms with Crippen LogP contribution in [0.2, 0.25) is 0 Å². The second-order valence-corrected chi connectivity index (χ2v) is 6.92. The van der Waals surface area contributed by atoms with Crippen LogP contribution in [0, 0.1) is 0 Å². The molecule has 0 atom stereocenters. The molecule has 22 heavy (non-hydrogen) atoms. The maximum atomic E-state index is 12.3. The molecule has 1 heterocycles. The highest BCUT2D eigenvalue weighted by Gasteiger charge is 2.33. The van der Waals surface area contributed by atoms with Gasteiger partial charge in [0.2, 0.25) is 5.91 Å². The monoisotopic (exact) mass is 444 g/mol. The number of hydrazine groups is 1. The number of benzene rings is 1. The van der Waals surface area contributed by atoms with Crippen LogP contribution >= 0.6 is 46.6 Å². The van der Waals surface area contributed by atoms with Gasteiger partial charge in [-0.1, -0.05) is 70.8 Å². The molecule has 1 aromatic rings. The van der Waals surface area contributed by atoms with E-state index in [9.17, 15) is 9.59 Å². The first kappa shape index (κ1) is 17.2. The number of nitrogens with zero attached hydrogens (tertiary/aromatic N) is 1. The molecule has 1 aromatic carbocycles. The number of alkyl halides is 1. The number of carbonyl (C=O) groups excluding carboxylic acids is 2. The van der Waals surface area contributed by atoms with Crippen LogP contribution in [-0.4, -0.2) is 25.6 Å². The van der Waals surface area contributed by atoms with E-state index in [0.717, 1.165) is 16.1 Å². The normalized spacial score (nSPS) is 17.3. The number of allylic oxidation sites excluding steroid dienone is 2. The third-order valence-corrected chi connectivity index (χ3v) is 4.70. The van der Waals surface area contributed by atoms with Crippen molar-refractivity contribution in [3.8, 4) is 0 Å². The Kier molecular flexibility index (Phi) is 6.16. The average Bonchev–Trinajstić information content (AvgIpc) is 2.75. The van der Waals surface area contributed by atoms with E-state index in [-0.39, 0.29) is 16.2 Å². The van der Waals surface area contributed by atoms with E-state index in [0.29, 0.717) is 9.23 Å². The van der Waals surface area contributed by atoms with Gasteiger partial charge in [-0.2, -0.15) is 5.01 Å². The van der Waals surface area contributed by atoms with Crippen molar-refractivity contribution in [3.63, 3.8) is 0 Å². The molecule has 0 radical (unpaired) electrons. The largest absolute Gasteiger partial charge is 0.285 e. The summed E-state index contributed by atoms with van der Waals surface area (Å²) in [4.78, 5) is 24.2. The number of amides is 2. The minimum absolute atomic E-state index is 0.255. The minimum atomic E-state index is -0.297.